The van der Waals surface area contributed by atoms with E-state index in [1.807, 2.05) is 71.3 Å². The van der Waals surface area contributed by atoms with Crippen molar-refractivity contribution in [1.82, 2.24) is 19.3 Å². The first-order valence-electron chi connectivity index (χ1n) is 10.5. The zero-order valence-corrected chi connectivity index (χ0v) is 18.5. The van der Waals surface area contributed by atoms with E-state index in [1.165, 1.54) is 18.9 Å². The molecular weight excluding hydrogens is 432 g/mol. The van der Waals surface area contributed by atoms with Crippen LogP contribution in [0.5, 0.6) is 0 Å². The third-order valence-corrected chi connectivity index (χ3v) is 5.53. The lowest BCUT2D eigenvalue weighted by molar-refractivity contribution is 0.0549. The third kappa shape index (κ3) is 3.51. The number of rotatable bonds is 5. The summed E-state index contributed by atoms with van der Waals surface area (Å²) in [5.74, 6) is -1.37. The molecule has 0 spiro atoms. The van der Waals surface area contributed by atoms with Crippen molar-refractivity contribution in [3.8, 4) is 22.6 Å². The Morgan fingerprint density at radius 1 is 0.765 bits per heavy atom. The number of fused-ring (bicyclic) bond motifs is 1. The Labute approximate surface area is 195 Å². The Morgan fingerprint density at radius 2 is 1.44 bits per heavy atom. The number of methoxy groups -OCH3 is 2. The summed E-state index contributed by atoms with van der Waals surface area (Å²) in [5, 5.41) is 4.63. The molecule has 5 rings (SSSR count). The molecule has 0 bridgehead atoms. The quantitative estimate of drug-likeness (QED) is 0.366. The minimum atomic E-state index is -0.690. The van der Waals surface area contributed by atoms with Gasteiger partial charge in [-0.2, -0.15) is 5.10 Å². The molecule has 0 amide bonds. The Hall–Kier alpha value is -4.72. The molecule has 0 aliphatic heterocycles. The number of para-hydroxylation sites is 3. The lowest BCUT2D eigenvalue weighted by Crippen LogP contribution is -2.15. The summed E-state index contributed by atoms with van der Waals surface area (Å²) in [6, 6.07) is 24.4. The summed E-state index contributed by atoms with van der Waals surface area (Å²) in [5.41, 5.74) is 4.38. The highest BCUT2D eigenvalue weighted by Crippen LogP contribution is 2.30. The van der Waals surface area contributed by atoms with Crippen LogP contribution in [0.2, 0.25) is 0 Å². The normalized spacial score (nSPS) is 10.9. The van der Waals surface area contributed by atoms with Gasteiger partial charge in [-0.05, 0) is 36.4 Å². The van der Waals surface area contributed by atoms with E-state index in [2.05, 4.69) is 10.1 Å². The number of carbonyl (C=O) groups is 2. The zero-order valence-electron chi connectivity index (χ0n) is 18.5. The van der Waals surface area contributed by atoms with Crippen LogP contribution in [0, 0.1) is 0 Å². The van der Waals surface area contributed by atoms with Crippen LogP contribution in [0.4, 0.5) is 0 Å². The van der Waals surface area contributed by atoms with Gasteiger partial charge in [0.15, 0.2) is 5.69 Å². The van der Waals surface area contributed by atoms with Crippen LogP contribution in [0.25, 0.3) is 33.7 Å². The van der Waals surface area contributed by atoms with Crippen molar-refractivity contribution < 1.29 is 19.1 Å². The highest BCUT2D eigenvalue weighted by molar-refractivity contribution is 6.06. The van der Waals surface area contributed by atoms with Crippen LogP contribution in [0.15, 0.2) is 85.2 Å². The molecule has 8 nitrogen and oxygen atoms in total. The van der Waals surface area contributed by atoms with Gasteiger partial charge < -0.3 is 9.47 Å². The van der Waals surface area contributed by atoms with Crippen molar-refractivity contribution >= 4 is 23.0 Å². The van der Waals surface area contributed by atoms with E-state index < -0.39 is 11.9 Å². The molecule has 0 N–H and O–H groups in total. The predicted molar refractivity (Wildman–Crippen MR) is 126 cm³/mol. The van der Waals surface area contributed by atoms with E-state index in [1.54, 1.807) is 18.5 Å². The van der Waals surface area contributed by atoms with Gasteiger partial charge in [0.1, 0.15) is 17.6 Å². The maximum absolute atomic E-state index is 12.8. The predicted octanol–water partition coefficient (Wildman–Crippen LogP) is 4.45. The molecule has 0 radical (unpaired) electrons. The van der Waals surface area contributed by atoms with Gasteiger partial charge in [-0.1, -0.05) is 42.5 Å². The lowest BCUT2D eigenvalue weighted by Gasteiger charge is -2.07. The van der Waals surface area contributed by atoms with Gasteiger partial charge in [0.25, 0.3) is 0 Å². The van der Waals surface area contributed by atoms with Gasteiger partial charge in [-0.15, -0.1) is 0 Å². The number of hydrogen-bond donors (Lipinski definition) is 0. The number of nitrogens with zero attached hydrogens (tertiary/aromatic N) is 4. The molecule has 0 fully saturated rings. The van der Waals surface area contributed by atoms with E-state index >= 15 is 0 Å². The summed E-state index contributed by atoms with van der Waals surface area (Å²) >= 11 is 0. The molecule has 2 heterocycles. The van der Waals surface area contributed by atoms with Crippen molar-refractivity contribution in [2.45, 2.75) is 0 Å². The molecule has 0 saturated heterocycles. The first-order valence-corrected chi connectivity index (χ1v) is 10.5. The first-order chi connectivity index (χ1) is 16.6. The zero-order chi connectivity index (χ0) is 23.7. The second-order valence-electron chi connectivity index (χ2n) is 7.45. The standard InChI is InChI=1S/C26H20N4O4/c1-33-25(31)22-23(28-30(24(22)26(32)34-2)19-8-4-3-5-9-19)17-12-14-18(15-13-17)29-16-27-20-10-6-7-11-21(20)29/h3-16H,1-2H3. The van der Waals surface area contributed by atoms with E-state index in [-0.39, 0.29) is 11.3 Å². The minimum absolute atomic E-state index is 0.000213. The second-order valence-corrected chi connectivity index (χ2v) is 7.45. The smallest absolute Gasteiger partial charge is 0.357 e. The van der Waals surface area contributed by atoms with Crippen molar-refractivity contribution in [2.24, 2.45) is 0 Å². The van der Waals surface area contributed by atoms with E-state index in [9.17, 15) is 9.59 Å². The van der Waals surface area contributed by atoms with Crippen molar-refractivity contribution in [3.63, 3.8) is 0 Å². The van der Waals surface area contributed by atoms with Crippen LogP contribution in [-0.4, -0.2) is 45.5 Å². The molecule has 5 aromatic rings. The Balaban J connectivity index is 1.66. The fraction of sp³-hybridized carbons (Fsp3) is 0.0769. The third-order valence-electron chi connectivity index (χ3n) is 5.53. The summed E-state index contributed by atoms with van der Waals surface area (Å²) in [6.07, 6.45) is 1.76. The van der Waals surface area contributed by atoms with E-state index in [0.29, 0.717) is 16.9 Å². The molecule has 0 aliphatic carbocycles. The van der Waals surface area contributed by atoms with Crippen LogP contribution < -0.4 is 0 Å². The summed E-state index contributed by atoms with van der Waals surface area (Å²) < 4.78 is 13.4. The maximum atomic E-state index is 12.8. The molecule has 168 valence electrons. The highest BCUT2D eigenvalue weighted by atomic mass is 16.5. The fourth-order valence-electron chi connectivity index (χ4n) is 3.90. The van der Waals surface area contributed by atoms with Gasteiger partial charge in [0.05, 0.1) is 30.9 Å². The Morgan fingerprint density at radius 3 is 2.15 bits per heavy atom. The minimum Gasteiger partial charge on any atom is -0.465 e. The average Bonchev–Trinajstić information content (AvgIpc) is 3.51. The first kappa shape index (κ1) is 21.1. The summed E-state index contributed by atoms with van der Waals surface area (Å²) in [4.78, 5) is 30.0. The Kier molecular flexibility index (Phi) is 5.39. The molecule has 8 heteroatoms. The monoisotopic (exact) mass is 452 g/mol. The molecule has 34 heavy (non-hydrogen) atoms. The maximum Gasteiger partial charge on any atom is 0.357 e. The van der Waals surface area contributed by atoms with Gasteiger partial charge in [-0.25, -0.2) is 19.3 Å². The molecule has 2 aromatic heterocycles. The molecule has 0 saturated carbocycles. The second kappa shape index (κ2) is 8.67. The average molecular weight is 452 g/mol. The van der Waals surface area contributed by atoms with Crippen LogP contribution >= 0.6 is 0 Å². The topological polar surface area (TPSA) is 88.2 Å². The highest BCUT2D eigenvalue weighted by Gasteiger charge is 2.31. The van der Waals surface area contributed by atoms with Crippen LogP contribution in [0.1, 0.15) is 20.8 Å². The molecular formula is C26H20N4O4. The van der Waals surface area contributed by atoms with Gasteiger partial charge >= 0.3 is 11.9 Å². The largest absolute Gasteiger partial charge is 0.465 e. The van der Waals surface area contributed by atoms with Gasteiger partial charge in [-0.3, -0.25) is 4.57 Å². The molecule has 3 aromatic carbocycles. The van der Waals surface area contributed by atoms with Crippen molar-refractivity contribution in [2.75, 3.05) is 14.2 Å². The van der Waals surface area contributed by atoms with Crippen molar-refractivity contribution in [3.05, 3.63) is 96.4 Å². The fourth-order valence-corrected chi connectivity index (χ4v) is 3.90. The number of ether oxygens (including phenoxy) is 2. The van der Waals surface area contributed by atoms with Crippen molar-refractivity contribution in [1.29, 1.82) is 0 Å². The van der Waals surface area contributed by atoms with Crippen LogP contribution in [0.3, 0.4) is 0 Å². The number of hydrogen-bond acceptors (Lipinski definition) is 6. The van der Waals surface area contributed by atoms with Gasteiger partial charge in [0.2, 0.25) is 0 Å². The number of benzene rings is 3. The van der Waals surface area contributed by atoms with Crippen LogP contribution in [-0.2, 0) is 9.47 Å². The summed E-state index contributed by atoms with van der Waals surface area (Å²) in [6.45, 7) is 0. The number of imidazole rings is 1. The number of aromatic nitrogens is 4. The number of esters is 2. The molecule has 0 unspecified atom stereocenters. The van der Waals surface area contributed by atoms with E-state index in [4.69, 9.17) is 9.47 Å². The summed E-state index contributed by atoms with van der Waals surface area (Å²) in [7, 11) is 2.52. The lowest BCUT2D eigenvalue weighted by atomic mass is 10.0. The van der Waals surface area contributed by atoms with E-state index in [0.717, 1.165) is 16.7 Å². The SMILES string of the molecule is COC(=O)c1c(-c2ccc(-n3cnc4ccccc43)cc2)nn(-c2ccccc2)c1C(=O)OC. The van der Waals surface area contributed by atoms with Gasteiger partial charge in [0, 0.05) is 11.3 Å². The number of carbonyl (C=O) groups excluding carboxylic acids is 2. The molecule has 0 aliphatic rings. The Bertz CT molecular complexity index is 1500. The molecule has 0 atom stereocenters.